The number of hydrogen-bond donors (Lipinski definition) is 3. The van der Waals surface area contributed by atoms with Gasteiger partial charge in [-0.3, -0.25) is 9.59 Å². The minimum atomic E-state index is -1.43. The summed E-state index contributed by atoms with van der Waals surface area (Å²) < 4.78 is 5.40. The van der Waals surface area contributed by atoms with E-state index < -0.39 is 30.4 Å². The van der Waals surface area contributed by atoms with Crippen molar-refractivity contribution in [1.29, 1.82) is 0 Å². The van der Waals surface area contributed by atoms with Crippen molar-refractivity contribution in [2.75, 3.05) is 11.9 Å². The largest absolute Gasteiger partial charge is 0.481 e. The number of carbonyl (C=O) groups is 3. The molecule has 1 aromatic heterocycles. The summed E-state index contributed by atoms with van der Waals surface area (Å²) in [7, 11) is 0. The van der Waals surface area contributed by atoms with Crippen molar-refractivity contribution in [1.82, 2.24) is 15.3 Å². The first-order valence-electron chi connectivity index (χ1n) is 10.2. The number of carboxylic acid groups (broad SMARTS) is 1. The Hall–Kier alpha value is -3.69. The Balaban J connectivity index is 1.43. The van der Waals surface area contributed by atoms with Crippen LogP contribution in [0.25, 0.3) is 11.1 Å². The third-order valence-corrected chi connectivity index (χ3v) is 5.61. The monoisotopic (exact) mass is 500 g/mol. The van der Waals surface area contributed by atoms with Crippen molar-refractivity contribution < 1.29 is 24.2 Å². The highest BCUT2D eigenvalue weighted by molar-refractivity contribution is 6.32. The number of carbonyl (C=O) groups excluding carboxylic acids is 2. The molecule has 0 saturated carbocycles. The minimum Gasteiger partial charge on any atom is -0.481 e. The molecule has 0 bridgehead atoms. The van der Waals surface area contributed by atoms with E-state index in [0.29, 0.717) is 0 Å². The van der Waals surface area contributed by atoms with E-state index in [4.69, 9.17) is 27.9 Å². The predicted octanol–water partition coefficient (Wildman–Crippen LogP) is 4.10. The molecule has 9 nitrogen and oxygen atoms in total. The van der Waals surface area contributed by atoms with Crippen LogP contribution in [0.2, 0.25) is 10.4 Å². The molecule has 0 fully saturated rings. The maximum atomic E-state index is 12.6. The third-order valence-electron chi connectivity index (χ3n) is 5.25. The molecule has 2 aromatic carbocycles. The average molecular weight is 501 g/mol. The molecule has 1 aliphatic carbocycles. The number of nitrogens with one attached hydrogen (secondary N) is 2. The Labute approximate surface area is 204 Å². The van der Waals surface area contributed by atoms with E-state index in [-0.39, 0.29) is 28.8 Å². The molecule has 0 spiro atoms. The van der Waals surface area contributed by atoms with Crippen LogP contribution in [0.15, 0.2) is 54.6 Å². The molecule has 3 aromatic rings. The van der Waals surface area contributed by atoms with Crippen LogP contribution >= 0.6 is 23.2 Å². The molecular formula is C23H18Cl2N4O5. The normalized spacial score (nSPS) is 12.9. The van der Waals surface area contributed by atoms with Crippen LogP contribution in [-0.4, -0.2) is 45.7 Å². The molecule has 3 N–H and O–H groups in total. The number of nitrogens with zero attached hydrogens (tertiary/aromatic N) is 2. The Morgan fingerprint density at radius 1 is 1.00 bits per heavy atom. The fraction of sp³-hybridized carbons (Fsp3) is 0.174. The smallest absolute Gasteiger partial charge is 0.407 e. The summed E-state index contributed by atoms with van der Waals surface area (Å²) in [6.45, 7) is 0.0123. The van der Waals surface area contributed by atoms with E-state index in [1.807, 2.05) is 48.5 Å². The summed E-state index contributed by atoms with van der Waals surface area (Å²) in [4.78, 5) is 43.8. The second kappa shape index (κ2) is 10.1. The number of aromatic nitrogens is 2. The van der Waals surface area contributed by atoms with Gasteiger partial charge in [-0.1, -0.05) is 60.1 Å². The standard InChI is InChI=1S/C23H18Cl2N4O5/c24-18-10-19(29-22(25)27-18)28-21(32)17(9-20(30)31)26-23(33)34-11-16-14-7-3-1-5-12(14)13-6-2-4-8-15(13)16/h1-8,10,16-17H,9,11H2,(H,26,33)(H,30,31)(H,27,28,29,32). The van der Waals surface area contributed by atoms with Gasteiger partial charge in [0.15, 0.2) is 0 Å². The van der Waals surface area contributed by atoms with Gasteiger partial charge >= 0.3 is 12.1 Å². The third kappa shape index (κ3) is 5.27. The molecule has 11 heteroatoms. The van der Waals surface area contributed by atoms with E-state index in [1.54, 1.807) is 0 Å². The maximum Gasteiger partial charge on any atom is 0.407 e. The van der Waals surface area contributed by atoms with Crippen LogP contribution in [0, 0.1) is 0 Å². The van der Waals surface area contributed by atoms with Gasteiger partial charge in [-0.25, -0.2) is 14.8 Å². The molecule has 1 heterocycles. The number of benzene rings is 2. The van der Waals surface area contributed by atoms with Gasteiger partial charge in [0.05, 0.1) is 6.42 Å². The van der Waals surface area contributed by atoms with E-state index in [2.05, 4.69) is 20.6 Å². The Morgan fingerprint density at radius 2 is 1.62 bits per heavy atom. The summed E-state index contributed by atoms with van der Waals surface area (Å²) in [6, 6.07) is 15.5. The highest BCUT2D eigenvalue weighted by Crippen LogP contribution is 2.44. The van der Waals surface area contributed by atoms with Gasteiger partial charge in [0.1, 0.15) is 23.6 Å². The molecule has 1 aliphatic rings. The summed E-state index contributed by atoms with van der Waals surface area (Å²) >= 11 is 11.5. The molecule has 0 radical (unpaired) electrons. The second-order valence-corrected chi connectivity index (χ2v) is 8.18. The first kappa shape index (κ1) is 23.5. The van der Waals surface area contributed by atoms with E-state index in [1.165, 1.54) is 6.07 Å². The molecule has 2 amide bonds. The Kier molecular flexibility index (Phi) is 6.95. The number of aliphatic carboxylic acids is 1. The SMILES string of the molecule is O=C(O)CC(NC(=O)OCC1c2ccccc2-c2ccccc21)C(=O)Nc1cc(Cl)nc(Cl)n1. The average Bonchev–Trinajstić information content (AvgIpc) is 3.10. The van der Waals surface area contributed by atoms with Gasteiger partial charge in [-0.05, 0) is 33.9 Å². The van der Waals surface area contributed by atoms with Crippen LogP contribution in [0.4, 0.5) is 10.6 Å². The van der Waals surface area contributed by atoms with Gasteiger partial charge in [0, 0.05) is 12.0 Å². The van der Waals surface area contributed by atoms with Gasteiger partial charge < -0.3 is 20.5 Å². The fourth-order valence-corrected chi connectivity index (χ4v) is 4.24. The van der Waals surface area contributed by atoms with Gasteiger partial charge in [-0.15, -0.1) is 0 Å². The number of fused-ring (bicyclic) bond motifs is 3. The number of hydrogen-bond acceptors (Lipinski definition) is 6. The van der Waals surface area contributed by atoms with Gasteiger partial charge in [0.25, 0.3) is 0 Å². The van der Waals surface area contributed by atoms with Crippen LogP contribution < -0.4 is 10.6 Å². The summed E-state index contributed by atoms with van der Waals surface area (Å²) in [6.07, 6.45) is -1.61. The van der Waals surface area contributed by atoms with Gasteiger partial charge in [0.2, 0.25) is 11.2 Å². The number of rotatable bonds is 7. The van der Waals surface area contributed by atoms with Crippen LogP contribution in [0.1, 0.15) is 23.5 Å². The van der Waals surface area contributed by atoms with Gasteiger partial charge in [-0.2, -0.15) is 0 Å². The summed E-state index contributed by atoms with van der Waals surface area (Å²) in [5.74, 6) is -2.35. The first-order valence-corrected chi connectivity index (χ1v) is 10.9. The van der Waals surface area contributed by atoms with Crippen LogP contribution in [-0.2, 0) is 14.3 Å². The first-order chi connectivity index (χ1) is 16.3. The van der Waals surface area contributed by atoms with E-state index in [0.717, 1.165) is 22.3 Å². The Morgan fingerprint density at radius 3 is 2.21 bits per heavy atom. The minimum absolute atomic E-state index is 0.0123. The summed E-state index contributed by atoms with van der Waals surface area (Å²) in [5, 5.41) is 13.6. The quantitative estimate of drug-likeness (QED) is 0.328. The second-order valence-electron chi connectivity index (χ2n) is 7.45. The van der Waals surface area contributed by atoms with Crippen molar-refractivity contribution >= 4 is 47.0 Å². The lowest BCUT2D eigenvalue weighted by atomic mass is 9.98. The molecule has 0 saturated heterocycles. The van der Waals surface area contributed by atoms with Crippen molar-refractivity contribution in [2.45, 2.75) is 18.4 Å². The molecule has 1 unspecified atom stereocenters. The zero-order valence-electron chi connectivity index (χ0n) is 17.5. The topological polar surface area (TPSA) is 131 Å². The molecular weight excluding hydrogens is 483 g/mol. The zero-order valence-corrected chi connectivity index (χ0v) is 19.0. The van der Waals surface area contributed by atoms with Crippen LogP contribution in [0.3, 0.4) is 0 Å². The summed E-state index contributed by atoms with van der Waals surface area (Å²) in [5.41, 5.74) is 4.18. The lowest BCUT2D eigenvalue weighted by Crippen LogP contribution is -2.45. The van der Waals surface area contributed by atoms with Crippen molar-refractivity contribution in [3.8, 4) is 11.1 Å². The molecule has 34 heavy (non-hydrogen) atoms. The highest BCUT2D eigenvalue weighted by atomic mass is 35.5. The van der Waals surface area contributed by atoms with E-state index in [9.17, 15) is 19.5 Å². The van der Waals surface area contributed by atoms with Crippen LogP contribution in [0.5, 0.6) is 0 Å². The fourth-order valence-electron chi connectivity index (χ4n) is 3.83. The lowest BCUT2D eigenvalue weighted by molar-refractivity contribution is -0.139. The molecule has 0 aliphatic heterocycles. The van der Waals surface area contributed by atoms with Crippen molar-refractivity contribution in [3.63, 3.8) is 0 Å². The number of alkyl carbamates (subject to hydrolysis) is 1. The number of amides is 2. The Bertz CT molecular complexity index is 1200. The van der Waals surface area contributed by atoms with Crippen molar-refractivity contribution in [3.05, 3.63) is 76.2 Å². The predicted molar refractivity (Wildman–Crippen MR) is 125 cm³/mol. The molecule has 174 valence electrons. The number of anilines is 1. The van der Waals surface area contributed by atoms with Crippen molar-refractivity contribution in [2.24, 2.45) is 0 Å². The van der Waals surface area contributed by atoms with E-state index >= 15 is 0 Å². The molecule has 1 atom stereocenters. The molecule has 4 rings (SSSR count). The zero-order chi connectivity index (χ0) is 24.2. The number of carboxylic acids is 1. The number of ether oxygens (including phenoxy) is 1. The number of halogens is 2. The maximum absolute atomic E-state index is 12.6. The lowest BCUT2D eigenvalue weighted by Gasteiger charge is -2.18. The highest BCUT2D eigenvalue weighted by Gasteiger charge is 2.30.